The Kier molecular flexibility index (Phi) is 7.31. The van der Waals surface area contributed by atoms with Crippen molar-refractivity contribution in [2.75, 3.05) is 31.1 Å². The summed E-state index contributed by atoms with van der Waals surface area (Å²) in [6.07, 6.45) is 0. The molecule has 0 aliphatic rings. The fourth-order valence-corrected chi connectivity index (χ4v) is 5.10. The number of benzene rings is 2. The molecule has 0 unspecified atom stereocenters. The van der Waals surface area contributed by atoms with E-state index in [1.165, 1.54) is 13.2 Å². The van der Waals surface area contributed by atoms with Crippen molar-refractivity contribution in [3.05, 3.63) is 47.6 Å². The highest BCUT2D eigenvalue weighted by atomic mass is 35.5. The van der Waals surface area contributed by atoms with Crippen molar-refractivity contribution in [2.24, 2.45) is 0 Å². The van der Waals surface area contributed by atoms with Crippen LogP contribution in [0.2, 0.25) is 5.15 Å². The minimum Gasteiger partial charge on any atom is -0.495 e. The summed E-state index contributed by atoms with van der Waals surface area (Å²) in [4.78, 5) is 4.48. The summed E-state index contributed by atoms with van der Waals surface area (Å²) >= 11 is 6.18. The van der Waals surface area contributed by atoms with Crippen LogP contribution in [0.4, 0.5) is 23.1 Å². The zero-order chi connectivity index (χ0) is 24.4. The van der Waals surface area contributed by atoms with Gasteiger partial charge < -0.3 is 19.9 Å². The van der Waals surface area contributed by atoms with Gasteiger partial charge in [0.1, 0.15) is 12.9 Å². The van der Waals surface area contributed by atoms with E-state index < -0.39 is 22.2 Å². The molecule has 9 nitrogen and oxygen atoms in total. The van der Waals surface area contributed by atoms with Gasteiger partial charge in [0.2, 0.25) is 5.95 Å². The third kappa shape index (κ3) is 5.63. The number of hydrogen-bond donors (Lipinski definition) is 2. The average Bonchev–Trinajstić information content (AvgIpc) is 2.75. The quantitative estimate of drug-likeness (QED) is 0.424. The van der Waals surface area contributed by atoms with Crippen molar-refractivity contribution < 1.29 is 17.7 Å². The molecule has 3 aromatic rings. The Hall–Kier alpha value is -2.68. The van der Waals surface area contributed by atoms with Crippen LogP contribution < -0.4 is 20.7 Å². The number of halogens is 1. The molecule has 0 aliphatic heterocycles. The molecule has 0 saturated heterocycles. The van der Waals surface area contributed by atoms with Crippen LogP contribution >= 0.6 is 18.7 Å². The number of para-hydroxylation sites is 1. The van der Waals surface area contributed by atoms with Crippen LogP contribution in [-0.2, 0) is 14.4 Å². The fraction of sp³-hybridized carbons (Fsp3) is 0.286. The van der Waals surface area contributed by atoms with E-state index in [-0.39, 0.29) is 21.8 Å². The lowest BCUT2D eigenvalue weighted by Crippen LogP contribution is -2.16. The highest BCUT2D eigenvalue weighted by Gasteiger charge is 2.23. The molecule has 0 atom stereocenters. The number of rotatable bonds is 8. The molecule has 0 aliphatic carbocycles. The van der Waals surface area contributed by atoms with Gasteiger partial charge in [-0.15, -0.1) is 10.2 Å². The number of nitrogens with zero attached hydrogens (tertiary/aromatic N) is 3. The molecule has 12 heteroatoms. The molecule has 2 aromatic carbocycles. The standard InChI is InChI=1S/C21H25ClN5O4PS/c1-13(2)33(29,30)18-9-7-6-8-15(18)23-20-19(22)26-27-21(25-20)24-16-12-14(32(4,5)28)10-11-17(16)31-3/h6-13H,1-5H3,(H2,23,24,25,27). The van der Waals surface area contributed by atoms with Crippen molar-refractivity contribution in [1.29, 1.82) is 0 Å². The minimum atomic E-state index is -3.56. The lowest BCUT2D eigenvalue weighted by Gasteiger charge is -2.16. The fourth-order valence-electron chi connectivity index (χ4n) is 2.89. The van der Waals surface area contributed by atoms with Crippen LogP contribution in [0.5, 0.6) is 5.75 Å². The van der Waals surface area contributed by atoms with Gasteiger partial charge in [0.25, 0.3) is 0 Å². The number of hydrogen-bond acceptors (Lipinski definition) is 9. The van der Waals surface area contributed by atoms with Crippen molar-refractivity contribution in [2.45, 2.75) is 24.0 Å². The van der Waals surface area contributed by atoms with E-state index in [0.29, 0.717) is 22.4 Å². The van der Waals surface area contributed by atoms with Gasteiger partial charge in [-0.1, -0.05) is 23.7 Å². The number of sulfone groups is 1. The van der Waals surface area contributed by atoms with E-state index >= 15 is 0 Å². The molecule has 1 heterocycles. The van der Waals surface area contributed by atoms with E-state index in [1.54, 1.807) is 63.6 Å². The zero-order valence-electron chi connectivity index (χ0n) is 18.8. The number of nitrogens with one attached hydrogen (secondary N) is 2. The number of anilines is 4. The van der Waals surface area contributed by atoms with E-state index in [0.717, 1.165) is 0 Å². The number of methoxy groups -OCH3 is 1. The number of aromatic nitrogens is 3. The van der Waals surface area contributed by atoms with Crippen molar-refractivity contribution in [3.63, 3.8) is 0 Å². The SMILES string of the molecule is COc1ccc(P(C)(C)=O)cc1Nc1nnc(Cl)c(Nc2ccccc2S(=O)(=O)C(C)C)n1. The van der Waals surface area contributed by atoms with Gasteiger partial charge in [-0.05, 0) is 57.5 Å². The summed E-state index contributed by atoms with van der Waals surface area (Å²) in [5.41, 5.74) is 0.814. The maximum atomic E-state index is 12.7. The van der Waals surface area contributed by atoms with Gasteiger partial charge in [-0.2, -0.15) is 4.98 Å². The van der Waals surface area contributed by atoms with Crippen molar-refractivity contribution in [3.8, 4) is 5.75 Å². The first-order valence-corrected chi connectivity index (χ1v) is 14.5. The highest BCUT2D eigenvalue weighted by Crippen LogP contribution is 2.38. The molecular formula is C21H25ClN5O4PS. The Bertz CT molecular complexity index is 1330. The van der Waals surface area contributed by atoms with Gasteiger partial charge in [-0.25, -0.2) is 8.42 Å². The first-order chi connectivity index (χ1) is 15.4. The largest absolute Gasteiger partial charge is 0.495 e. The third-order valence-electron chi connectivity index (χ3n) is 4.76. The summed E-state index contributed by atoms with van der Waals surface area (Å²) in [6.45, 7) is 6.56. The topological polar surface area (TPSA) is 123 Å². The molecule has 0 saturated carbocycles. The van der Waals surface area contributed by atoms with E-state index in [4.69, 9.17) is 16.3 Å². The first-order valence-electron chi connectivity index (χ1n) is 9.94. The summed E-state index contributed by atoms with van der Waals surface area (Å²) in [6, 6.07) is 11.6. The predicted octanol–water partition coefficient (Wildman–Crippen LogP) is 4.45. The molecule has 2 N–H and O–H groups in total. The lowest BCUT2D eigenvalue weighted by atomic mass is 10.3. The van der Waals surface area contributed by atoms with Crippen LogP contribution in [0.25, 0.3) is 0 Å². The van der Waals surface area contributed by atoms with E-state index in [1.807, 2.05) is 0 Å². The van der Waals surface area contributed by atoms with Gasteiger partial charge in [0.05, 0.1) is 28.6 Å². The highest BCUT2D eigenvalue weighted by molar-refractivity contribution is 7.92. The number of ether oxygens (including phenoxy) is 1. The molecule has 1 aromatic heterocycles. The van der Waals surface area contributed by atoms with Crippen LogP contribution in [-0.4, -0.2) is 49.3 Å². The summed E-state index contributed by atoms with van der Waals surface area (Å²) in [5.74, 6) is 0.699. The summed E-state index contributed by atoms with van der Waals surface area (Å²) < 4.78 is 43.4. The van der Waals surface area contributed by atoms with Crippen LogP contribution in [0.15, 0.2) is 47.4 Å². The Labute approximate surface area is 198 Å². The normalized spacial score (nSPS) is 12.0. The zero-order valence-corrected chi connectivity index (χ0v) is 21.3. The maximum absolute atomic E-state index is 12.7. The van der Waals surface area contributed by atoms with E-state index in [2.05, 4.69) is 25.8 Å². The minimum absolute atomic E-state index is 0.0374. The second-order valence-electron chi connectivity index (χ2n) is 7.85. The van der Waals surface area contributed by atoms with Crippen molar-refractivity contribution >= 4 is 57.0 Å². The molecule has 3 rings (SSSR count). The lowest BCUT2D eigenvalue weighted by molar-refractivity contribution is 0.417. The molecule has 0 bridgehead atoms. The Morgan fingerprint density at radius 3 is 2.36 bits per heavy atom. The van der Waals surface area contributed by atoms with Gasteiger partial charge in [0, 0.05) is 5.30 Å². The van der Waals surface area contributed by atoms with Gasteiger partial charge in [0.15, 0.2) is 20.8 Å². The maximum Gasteiger partial charge on any atom is 0.249 e. The monoisotopic (exact) mass is 509 g/mol. The Balaban J connectivity index is 1.99. The predicted molar refractivity (Wildman–Crippen MR) is 132 cm³/mol. The molecule has 0 radical (unpaired) electrons. The molecule has 0 fully saturated rings. The first kappa shape index (κ1) is 25.0. The summed E-state index contributed by atoms with van der Waals surface area (Å²) in [5, 5.41) is 13.8. The molecule has 33 heavy (non-hydrogen) atoms. The molecule has 0 spiro atoms. The van der Waals surface area contributed by atoms with Gasteiger partial charge >= 0.3 is 0 Å². The Morgan fingerprint density at radius 2 is 1.73 bits per heavy atom. The average molecular weight is 510 g/mol. The molecule has 176 valence electrons. The second-order valence-corrected chi connectivity index (χ2v) is 13.9. The van der Waals surface area contributed by atoms with E-state index in [9.17, 15) is 13.0 Å². The van der Waals surface area contributed by atoms with Crippen LogP contribution in [0, 0.1) is 0 Å². The third-order valence-corrected chi connectivity index (χ3v) is 8.75. The second kappa shape index (κ2) is 9.67. The van der Waals surface area contributed by atoms with Crippen molar-refractivity contribution in [1.82, 2.24) is 15.2 Å². The van der Waals surface area contributed by atoms with Gasteiger partial charge in [-0.3, -0.25) is 0 Å². The van der Waals surface area contributed by atoms with Crippen LogP contribution in [0.1, 0.15) is 13.8 Å². The molecular weight excluding hydrogens is 485 g/mol. The van der Waals surface area contributed by atoms with Crippen LogP contribution in [0.3, 0.4) is 0 Å². The molecule has 0 amide bonds. The summed E-state index contributed by atoms with van der Waals surface area (Å²) in [7, 11) is -4.56. The smallest absolute Gasteiger partial charge is 0.249 e. The Morgan fingerprint density at radius 1 is 1.03 bits per heavy atom.